The van der Waals surface area contributed by atoms with Crippen LogP contribution in [0, 0.1) is 11.7 Å². The van der Waals surface area contributed by atoms with E-state index >= 15 is 0 Å². The zero-order valence-electron chi connectivity index (χ0n) is 14.1. The van der Waals surface area contributed by atoms with Gasteiger partial charge in [-0.25, -0.2) is 4.39 Å². The van der Waals surface area contributed by atoms with Crippen LogP contribution in [0.15, 0.2) is 54.9 Å². The van der Waals surface area contributed by atoms with E-state index in [1.54, 1.807) is 12.4 Å². The molecule has 3 rings (SSSR count). The third-order valence-electron chi connectivity index (χ3n) is 4.00. The first-order valence-corrected chi connectivity index (χ1v) is 8.02. The Balaban J connectivity index is 1.63. The maximum Gasteiger partial charge on any atom is 0.227 e. The first kappa shape index (κ1) is 16.8. The van der Waals surface area contributed by atoms with Gasteiger partial charge in [0.1, 0.15) is 12.1 Å². The quantitative estimate of drug-likeness (QED) is 0.775. The fraction of sp³-hybridized carbons (Fsp3) is 0.211. The molecular formula is C19H19FN4O. The zero-order valence-corrected chi connectivity index (χ0v) is 14.1. The predicted molar refractivity (Wildman–Crippen MR) is 94.3 cm³/mol. The van der Waals surface area contributed by atoms with Gasteiger partial charge in [-0.2, -0.15) is 0 Å². The Bertz CT molecular complexity index is 873. The second-order valence-electron chi connectivity index (χ2n) is 6.07. The topological polar surface area (TPSA) is 59.8 Å². The van der Waals surface area contributed by atoms with Crippen molar-refractivity contribution in [2.45, 2.75) is 13.3 Å². The van der Waals surface area contributed by atoms with Crippen LogP contribution >= 0.6 is 0 Å². The molecular weight excluding hydrogens is 319 g/mol. The summed E-state index contributed by atoms with van der Waals surface area (Å²) in [5.41, 5.74) is 2.44. The molecule has 2 aromatic carbocycles. The summed E-state index contributed by atoms with van der Waals surface area (Å²) in [6, 6.07) is 13.8. The maximum atomic E-state index is 13.2. The number of anilines is 1. The van der Waals surface area contributed by atoms with Crippen LogP contribution in [0.2, 0.25) is 0 Å². The molecule has 1 atom stereocenters. The minimum Gasteiger partial charge on any atom is -0.326 e. The highest BCUT2D eigenvalue weighted by atomic mass is 19.1. The van der Waals surface area contributed by atoms with E-state index in [0.717, 1.165) is 17.0 Å². The van der Waals surface area contributed by atoms with E-state index in [1.807, 2.05) is 48.9 Å². The molecule has 1 aromatic heterocycles. The van der Waals surface area contributed by atoms with E-state index in [9.17, 15) is 9.18 Å². The molecule has 0 fully saturated rings. The van der Waals surface area contributed by atoms with Crippen LogP contribution in [0.25, 0.3) is 11.4 Å². The molecule has 0 spiro atoms. The summed E-state index contributed by atoms with van der Waals surface area (Å²) >= 11 is 0. The lowest BCUT2D eigenvalue weighted by Gasteiger charge is -2.13. The summed E-state index contributed by atoms with van der Waals surface area (Å²) in [5.74, 6) is 0.109. The molecule has 0 saturated heterocycles. The third-order valence-corrected chi connectivity index (χ3v) is 4.00. The van der Waals surface area contributed by atoms with Crippen LogP contribution in [-0.2, 0) is 18.3 Å². The molecule has 0 bridgehead atoms. The first-order chi connectivity index (χ1) is 12.0. The normalized spacial score (nSPS) is 12.0. The van der Waals surface area contributed by atoms with Crippen LogP contribution in [0.5, 0.6) is 0 Å². The van der Waals surface area contributed by atoms with E-state index in [1.165, 1.54) is 12.1 Å². The summed E-state index contributed by atoms with van der Waals surface area (Å²) in [6.45, 7) is 1.83. The van der Waals surface area contributed by atoms with E-state index in [-0.39, 0.29) is 17.6 Å². The molecule has 1 heterocycles. The highest BCUT2D eigenvalue weighted by Gasteiger charge is 2.14. The zero-order chi connectivity index (χ0) is 17.8. The van der Waals surface area contributed by atoms with Crippen molar-refractivity contribution in [2.75, 3.05) is 5.32 Å². The van der Waals surface area contributed by atoms with Crippen molar-refractivity contribution >= 4 is 11.6 Å². The van der Waals surface area contributed by atoms with Gasteiger partial charge in [0.25, 0.3) is 0 Å². The molecule has 6 heteroatoms. The Labute approximate surface area is 145 Å². The molecule has 0 aliphatic carbocycles. The molecule has 0 saturated carbocycles. The molecule has 1 amide bonds. The lowest BCUT2D eigenvalue weighted by molar-refractivity contribution is -0.119. The van der Waals surface area contributed by atoms with Crippen molar-refractivity contribution in [3.63, 3.8) is 0 Å². The highest BCUT2D eigenvalue weighted by molar-refractivity contribution is 5.92. The lowest BCUT2D eigenvalue weighted by Crippen LogP contribution is -2.22. The van der Waals surface area contributed by atoms with Crippen molar-refractivity contribution in [2.24, 2.45) is 13.0 Å². The lowest BCUT2D eigenvalue weighted by atomic mass is 10.00. The Morgan fingerprint density at radius 1 is 1.24 bits per heavy atom. The molecule has 3 aromatic rings. The number of nitrogens with zero attached hydrogens (tertiary/aromatic N) is 3. The number of carbonyl (C=O) groups is 1. The number of halogens is 1. The number of benzene rings is 2. The molecule has 1 N–H and O–H groups in total. The SMILES string of the molecule is C[C@@H](Cc1cccc(F)c1)C(=O)Nc1ccc(-c2nncn2C)cc1. The number of nitrogens with one attached hydrogen (secondary N) is 1. The number of aromatic nitrogens is 3. The van der Waals surface area contributed by atoms with Gasteiger partial charge in [0.15, 0.2) is 5.82 Å². The molecule has 25 heavy (non-hydrogen) atoms. The molecule has 0 aliphatic rings. The summed E-state index contributed by atoms with van der Waals surface area (Å²) < 4.78 is 15.1. The average molecular weight is 338 g/mol. The van der Waals surface area contributed by atoms with Gasteiger partial charge < -0.3 is 9.88 Å². The van der Waals surface area contributed by atoms with Gasteiger partial charge in [-0.1, -0.05) is 19.1 Å². The van der Waals surface area contributed by atoms with Gasteiger partial charge in [-0.05, 0) is 48.4 Å². The molecule has 0 unspecified atom stereocenters. The number of carbonyl (C=O) groups excluding carboxylic acids is 1. The largest absolute Gasteiger partial charge is 0.326 e. The Hall–Kier alpha value is -3.02. The summed E-state index contributed by atoms with van der Waals surface area (Å²) in [4.78, 5) is 12.3. The highest BCUT2D eigenvalue weighted by Crippen LogP contribution is 2.19. The van der Waals surface area contributed by atoms with Crippen molar-refractivity contribution in [3.05, 3.63) is 66.2 Å². The van der Waals surface area contributed by atoms with Gasteiger partial charge in [0.05, 0.1) is 0 Å². The summed E-state index contributed by atoms with van der Waals surface area (Å²) in [7, 11) is 1.87. The Morgan fingerprint density at radius 3 is 2.64 bits per heavy atom. The van der Waals surface area contributed by atoms with Crippen LogP contribution < -0.4 is 5.32 Å². The smallest absolute Gasteiger partial charge is 0.227 e. The van der Waals surface area contributed by atoms with Gasteiger partial charge in [0, 0.05) is 24.2 Å². The van der Waals surface area contributed by atoms with Gasteiger partial charge in [-0.15, -0.1) is 10.2 Å². The number of aryl methyl sites for hydroxylation is 1. The van der Waals surface area contributed by atoms with Crippen LogP contribution in [0.3, 0.4) is 0 Å². The maximum absolute atomic E-state index is 13.2. The minimum absolute atomic E-state index is 0.101. The fourth-order valence-corrected chi connectivity index (χ4v) is 2.62. The number of hydrogen-bond donors (Lipinski definition) is 1. The summed E-state index contributed by atoms with van der Waals surface area (Å²) in [6.07, 6.45) is 2.12. The number of hydrogen-bond acceptors (Lipinski definition) is 3. The first-order valence-electron chi connectivity index (χ1n) is 8.02. The predicted octanol–water partition coefficient (Wildman–Crippen LogP) is 3.44. The van der Waals surface area contributed by atoms with E-state index < -0.39 is 0 Å². The number of rotatable bonds is 5. The second kappa shape index (κ2) is 7.25. The molecule has 5 nitrogen and oxygen atoms in total. The fourth-order valence-electron chi connectivity index (χ4n) is 2.62. The third kappa shape index (κ3) is 4.09. The molecule has 0 radical (unpaired) electrons. The Morgan fingerprint density at radius 2 is 2.00 bits per heavy atom. The van der Waals surface area contributed by atoms with Crippen molar-refractivity contribution in [3.8, 4) is 11.4 Å². The minimum atomic E-state index is -0.288. The van der Waals surface area contributed by atoms with Gasteiger partial charge in [0.2, 0.25) is 5.91 Å². The van der Waals surface area contributed by atoms with Crippen molar-refractivity contribution < 1.29 is 9.18 Å². The van der Waals surface area contributed by atoms with Crippen molar-refractivity contribution in [1.29, 1.82) is 0 Å². The average Bonchev–Trinajstić information content (AvgIpc) is 3.01. The van der Waals surface area contributed by atoms with E-state index in [4.69, 9.17) is 0 Å². The van der Waals surface area contributed by atoms with Gasteiger partial charge >= 0.3 is 0 Å². The summed E-state index contributed by atoms with van der Waals surface area (Å²) in [5, 5.41) is 10.8. The van der Waals surface area contributed by atoms with Crippen LogP contribution in [-0.4, -0.2) is 20.7 Å². The number of amides is 1. The Kier molecular flexibility index (Phi) is 4.88. The second-order valence-corrected chi connectivity index (χ2v) is 6.07. The van der Waals surface area contributed by atoms with E-state index in [2.05, 4.69) is 15.5 Å². The van der Waals surface area contributed by atoms with Crippen LogP contribution in [0.1, 0.15) is 12.5 Å². The standard InChI is InChI=1S/C19H19FN4O/c1-13(10-14-4-3-5-16(20)11-14)19(25)22-17-8-6-15(7-9-17)18-23-21-12-24(18)2/h3-9,11-13H,10H2,1-2H3,(H,22,25)/t13-/m0/s1. The molecule has 128 valence electrons. The monoisotopic (exact) mass is 338 g/mol. The van der Waals surface area contributed by atoms with Crippen molar-refractivity contribution in [1.82, 2.24) is 14.8 Å². The molecule has 0 aliphatic heterocycles. The van der Waals surface area contributed by atoms with Gasteiger partial charge in [-0.3, -0.25) is 4.79 Å². The van der Waals surface area contributed by atoms with Crippen LogP contribution in [0.4, 0.5) is 10.1 Å². The van der Waals surface area contributed by atoms with E-state index in [0.29, 0.717) is 12.1 Å².